The van der Waals surface area contributed by atoms with Crippen LogP contribution in [0.2, 0.25) is 0 Å². The summed E-state index contributed by atoms with van der Waals surface area (Å²) in [6.45, 7) is 9.23. The summed E-state index contributed by atoms with van der Waals surface area (Å²) in [6.07, 6.45) is 11.1. The van der Waals surface area contributed by atoms with Gasteiger partial charge in [-0.25, -0.2) is 4.98 Å². The van der Waals surface area contributed by atoms with Crippen molar-refractivity contribution in [3.63, 3.8) is 0 Å². The third kappa shape index (κ3) is 5.63. The molecule has 160 valence electrons. The molecular formula is C25H39N3O. The highest BCUT2D eigenvalue weighted by molar-refractivity contribution is 5.96. The minimum absolute atomic E-state index is 0.879. The molecule has 0 saturated heterocycles. The Kier molecular flexibility index (Phi) is 8.60. The van der Waals surface area contributed by atoms with E-state index < -0.39 is 0 Å². The van der Waals surface area contributed by atoms with Crippen LogP contribution in [0.3, 0.4) is 0 Å². The Bertz CT molecular complexity index is 766. The minimum Gasteiger partial charge on any atom is -0.494 e. The van der Waals surface area contributed by atoms with Gasteiger partial charge in [-0.05, 0) is 76.2 Å². The zero-order chi connectivity index (χ0) is 20.5. The van der Waals surface area contributed by atoms with E-state index in [9.17, 15) is 0 Å². The number of pyridine rings is 1. The molecule has 0 fully saturated rings. The summed E-state index contributed by atoms with van der Waals surface area (Å²) in [5.74, 6) is 0.879. The van der Waals surface area contributed by atoms with Crippen LogP contribution in [-0.2, 0) is 12.8 Å². The Hall–Kier alpha value is -1.81. The number of aryl methyl sites for hydroxylation is 1. The van der Waals surface area contributed by atoms with Gasteiger partial charge in [0, 0.05) is 23.3 Å². The number of rotatable bonds is 12. The van der Waals surface area contributed by atoms with Gasteiger partial charge in [-0.3, -0.25) is 0 Å². The average Bonchev–Trinajstić information content (AvgIpc) is 2.76. The fourth-order valence-electron chi connectivity index (χ4n) is 4.40. The molecule has 0 bridgehead atoms. The number of aromatic nitrogens is 1. The van der Waals surface area contributed by atoms with Crippen molar-refractivity contribution in [1.82, 2.24) is 9.88 Å². The first-order chi connectivity index (χ1) is 14.3. The number of hydrogen-bond acceptors (Lipinski definition) is 4. The smallest absolute Gasteiger partial charge is 0.145 e. The Morgan fingerprint density at radius 1 is 1.00 bits per heavy atom. The number of nitrogens with one attached hydrogen (secondary N) is 1. The fraction of sp³-hybridized carbons (Fsp3) is 0.640. The molecule has 1 aromatic heterocycles. The van der Waals surface area contributed by atoms with Crippen molar-refractivity contribution in [3.8, 4) is 5.75 Å². The summed E-state index contributed by atoms with van der Waals surface area (Å²) in [5, 5.41) is 5.02. The molecule has 0 spiro atoms. The molecule has 0 atom stereocenters. The van der Waals surface area contributed by atoms with E-state index in [0.717, 1.165) is 30.7 Å². The van der Waals surface area contributed by atoms with Crippen LogP contribution < -0.4 is 10.1 Å². The summed E-state index contributed by atoms with van der Waals surface area (Å²) >= 11 is 0. The number of benzene rings is 1. The molecule has 0 unspecified atom stereocenters. The van der Waals surface area contributed by atoms with Gasteiger partial charge in [0.05, 0.1) is 7.11 Å². The number of nitrogens with zero attached hydrogens (tertiary/aromatic N) is 2. The molecule has 29 heavy (non-hydrogen) atoms. The predicted molar refractivity (Wildman–Crippen MR) is 124 cm³/mol. The van der Waals surface area contributed by atoms with Crippen molar-refractivity contribution < 1.29 is 4.74 Å². The van der Waals surface area contributed by atoms with Crippen LogP contribution in [0, 0.1) is 0 Å². The standard InChI is InChI=1S/C25H39N3O/c1-4-6-17-28(18-7-5-2)19-11-16-26-24-20-12-8-9-14-22(20)27-25-21(24)13-10-15-23(25)29-3/h10,13,15H,4-9,11-12,14,16-19H2,1-3H3,(H,26,27). The Morgan fingerprint density at radius 3 is 2.45 bits per heavy atom. The summed E-state index contributed by atoms with van der Waals surface area (Å²) in [6, 6.07) is 6.30. The van der Waals surface area contributed by atoms with E-state index in [-0.39, 0.29) is 0 Å². The second-order valence-electron chi connectivity index (χ2n) is 8.30. The third-order valence-electron chi connectivity index (χ3n) is 6.08. The summed E-state index contributed by atoms with van der Waals surface area (Å²) in [5.41, 5.74) is 5.01. The molecule has 1 aliphatic rings. The van der Waals surface area contributed by atoms with Gasteiger partial charge in [0.25, 0.3) is 0 Å². The van der Waals surface area contributed by atoms with E-state index >= 15 is 0 Å². The molecule has 4 nitrogen and oxygen atoms in total. The van der Waals surface area contributed by atoms with Crippen molar-refractivity contribution in [2.24, 2.45) is 0 Å². The van der Waals surface area contributed by atoms with Gasteiger partial charge in [0.1, 0.15) is 11.3 Å². The first kappa shape index (κ1) is 21.9. The number of hydrogen-bond donors (Lipinski definition) is 1. The predicted octanol–water partition coefficient (Wildman–Crippen LogP) is 5.83. The molecule has 1 aromatic carbocycles. The van der Waals surface area contributed by atoms with Crippen LogP contribution in [-0.4, -0.2) is 43.2 Å². The molecule has 1 heterocycles. The van der Waals surface area contributed by atoms with Crippen molar-refractivity contribution in [1.29, 1.82) is 0 Å². The minimum atomic E-state index is 0.879. The molecule has 3 rings (SSSR count). The highest BCUT2D eigenvalue weighted by Crippen LogP contribution is 2.36. The molecule has 4 heteroatoms. The van der Waals surface area contributed by atoms with Crippen LogP contribution in [0.15, 0.2) is 18.2 Å². The van der Waals surface area contributed by atoms with Gasteiger partial charge >= 0.3 is 0 Å². The number of fused-ring (bicyclic) bond motifs is 2. The van der Waals surface area contributed by atoms with Crippen LogP contribution >= 0.6 is 0 Å². The maximum atomic E-state index is 5.61. The highest BCUT2D eigenvalue weighted by Gasteiger charge is 2.19. The number of para-hydroxylation sites is 1. The van der Waals surface area contributed by atoms with Gasteiger partial charge in [0.2, 0.25) is 0 Å². The monoisotopic (exact) mass is 397 g/mol. The highest BCUT2D eigenvalue weighted by atomic mass is 16.5. The summed E-state index contributed by atoms with van der Waals surface area (Å²) in [4.78, 5) is 7.65. The zero-order valence-corrected chi connectivity index (χ0v) is 18.7. The molecule has 1 aliphatic carbocycles. The first-order valence-corrected chi connectivity index (χ1v) is 11.7. The lowest BCUT2D eigenvalue weighted by molar-refractivity contribution is 0.264. The number of ether oxygens (including phenoxy) is 1. The topological polar surface area (TPSA) is 37.4 Å². The maximum absolute atomic E-state index is 5.61. The summed E-state index contributed by atoms with van der Waals surface area (Å²) < 4.78 is 5.61. The molecule has 0 amide bonds. The van der Waals surface area contributed by atoms with E-state index in [1.807, 2.05) is 6.07 Å². The van der Waals surface area contributed by atoms with Crippen LogP contribution in [0.4, 0.5) is 5.69 Å². The van der Waals surface area contributed by atoms with E-state index in [1.54, 1.807) is 7.11 Å². The van der Waals surface area contributed by atoms with Crippen molar-refractivity contribution in [2.75, 3.05) is 38.6 Å². The molecule has 0 radical (unpaired) electrons. The SMILES string of the molecule is CCCCN(CCCC)CCCNc1c2c(nc3c(OC)cccc13)CCCC2. The van der Waals surface area contributed by atoms with E-state index in [4.69, 9.17) is 9.72 Å². The zero-order valence-electron chi connectivity index (χ0n) is 18.7. The largest absolute Gasteiger partial charge is 0.494 e. The van der Waals surface area contributed by atoms with Gasteiger partial charge in [-0.1, -0.05) is 38.8 Å². The van der Waals surface area contributed by atoms with Crippen LogP contribution in [0.1, 0.15) is 70.1 Å². The van der Waals surface area contributed by atoms with Crippen molar-refractivity contribution in [2.45, 2.75) is 71.6 Å². The van der Waals surface area contributed by atoms with Gasteiger partial charge < -0.3 is 15.0 Å². The van der Waals surface area contributed by atoms with Gasteiger partial charge in [-0.15, -0.1) is 0 Å². The van der Waals surface area contributed by atoms with E-state index in [0.29, 0.717) is 0 Å². The first-order valence-electron chi connectivity index (χ1n) is 11.7. The fourth-order valence-corrected chi connectivity index (χ4v) is 4.40. The number of unbranched alkanes of at least 4 members (excludes halogenated alkanes) is 2. The van der Waals surface area contributed by atoms with Crippen molar-refractivity contribution >= 4 is 16.6 Å². The quantitative estimate of drug-likeness (QED) is 0.458. The molecule has 0 aliphatic heterocycles. The van der Waals surface area contributed by atoms with Crippen LogP contribution in [0.25, 0.3) is 10.9 Å². The molecule has 2 aromatic rings. The molecule has 0 saturated carbocycles. The second-order valence-corrected chi connectivity index (χ2v) is 8.30. The Morgan fingerprint density at radius 2 is 1.72 bits per heavy atom. The Labute approximate surface area is 177 Å². The van der Waals surface area contributed by atoms with Gasteiger partial charge in [0.15, 0.2) is 0 Å². The van der Waals surface area contributed by atoms with E-state index in [1.165, 1.54) is 86.9 Å². The molecular weight excluding hydrogens is 358 g/mol. The van der Waals surface area contributed by atoms with Crippen molar-refractivity contribution in [3.05, 3.63) is 29.5 Å². The third-order valence-corrected chi connectivity index (χ3v) is 6.08. The van der Waals surface area contributed by atoms with E-state index in [2.05, 4.69) is 36.2 Å². The van der Waals surface area contributed by atoms with Crippen LogP contribution in [0.5, 0.6) is 5.75 Å². The molecule has 1 N–H and O–H groups in total. The second kappa shape index (κ2) is 11.4. The number of methoxy groups -OCH3 is 1. The Balaban J connectivity index is 1.72. The normalized spacial score (nSPS) is 13.7. The lowest BCUT2D eigenvalue weighted by Crippen LogP contribution is -2.28. The average molecular weight is 398 g/mol. The number of anilines is 1. The maximum Gasteiger partial charge on any atom is 0.145 e. The lowest BCUT2D eigenvalue weighted by Gasteiger charge is -2.24. The summed E-state index contributed by atoms with van der Waals surface area (Å²) in [7, 11) is 1.74. The lowest BCUT2D eigenvalue weighted by atomic mass is 9.92. The van der Waals surface area contributed by atoms with Gasteiger partial charge in [-0.2, -0.15) is 0 Å².